The topological polar surface area (TPSA) is 67.9 Å². The summed E-state index contributed by atoms with van der Waals surface area (Å²) in [7, 11) is 0. The maximum Gasteiger partial charge on any atom is 0.229 e. The van der Waals surface area contributed by atoms with Crippen molar-refractivity contribution in [2.24, 2.45) is 5.92 Å². The summed E-state index contributed by atoms with van der Waals surface area (Å²) in [6.07, 6.45) is 0.230. The number of carbonyl (C=O) groups excluding carboxylic acids is 2. The van der Waals surface area contributed by atoms with Gasteiger partial charge in [0.15, 0.2) is 11.5 Å². The van der Waals surface area contributed by atoms with Crippen LogP contribution in [0.25, 0.3) is 0 Å². The molecule has 1 atom stereocenters. The highest BCUT2D eigenvalue weighted by Crippen LogP contribution is 2.31. The highest BCUT2D eigenvalue weighted by atomic mass is 16.5. The highest BCUT2D eigenvalue weighted by molar-refractivity contribution is 5.97. The van der Waals surface area contributed by atoms with Crippen molar-refractivity contribution < 1.29 is 19.1 Å². The summed E-state index contributed by atoms with van der Waals surface area (Å²) in [5.41, 5.74) is 1.69. The van der Waals surface area contributed by atoms with Crippen LogP contribution in [0.15, 0.2) is 48.5 Å². The minimum Gasteiger partial charge on any atom is -0.490 e. The molecule has 6 nitrogen and oxygen atoms in total. The lowest BCUT2D eigenvalue weighted by molar-refractivity contribution is -0.128. The second-order valence-corrected chi connectivity index (χ2v) is 6.68. The van der Waals surface area contributed by atoms with Gasteiger partial charge in [-0.2, -0.15) is 0 Å². The Bertz CT molecular complexity index is 823. The molecule has 1 heterocycles. The molecule has 0 spiro atoms. The van der Waals surface area contributed by atoms with Gasteiger partial charge < -0.3 is 19.7 Å². The van der Waals surface area contributed by atoms with E-state index in [4.69, 9.17) is 9.47 Å². The van der Waals surface area contributed by atoms with Gasteiger partial charge in [0.1, 0.15) is 0 Å². The van der Waals surface area contributed by atoms with Gasteiger partial charge in [-0.1, -0.05) is 30.3 Å². The quantitative estimate of drug-likeness (QED) is 0.759. The first-order valence-electron chi connectivity index (χ1n) is 9.63. The monoisotopic (exact) mass is 382 g/mol. The predicted octanol–water partition coefficient (Wildman–Crippen LogP) is 3.47. The van der Waals surface area contributed by atoms with E-state index in [1.807, 2.05) is 44.2 Å². The molecule has 0 bridgehead atoms. The Morgan fingerprint density at radius 3 is 2.50 bits per heavy atom. The van der Waals surface area contributed by atoms with Crippen LogP contribution in [-0.2, 0) is 16.1 Å². The molecule has 2 amide bonds. The fraction of sp³-hybridized carbons (Fsp3) is 0.364. The van der Waals surface area contributed by atoms with Crippen LogP contribution < -0.4 is 14.8 Å². The lowest BCUT2D eigenvalue weighted by Gasteiger charge is -2.17. The van der Waals surface area contributed by atoms with Crippen molar-refractivity contribution >= 4 is 17.5 Å². The van der Waals surface area contributed by atoms with Gasteiger partial charge in [0.25, 0.3) is 0 Å². The second kappa shape index (κ2) is 9.26. The van der Waals surface area contributed by atoms with E-state index < -0.39 is 0 Å². The van der Waals surface area contributed by atoms with Crippen molar-refractivity contribution in [1.82, 2.24) is 4.90 Å². The Morgan fingerprint density at radius 1 is 1.07 bits per heavy atom. The molecule has 1 aliphatic heterocycles. The number of hydrogen-bond acceptors (Lipinski definition) is 4. The zero-order chi connectivity index (χ0) is 19.9. The number of benzene rings is 2. The summed E-state index contributed by atoms with van der Waals surface area (Å²) >= 11 is 0. The average molecular weight is 382 g/mol. The normalized spacial score (nSPS) is 16.1. The molecule has 148 valence electrons. The Hall–Kier alpha value is -3.02. The van der Waals surface area contributed by atoms with Crippen LogP contribution in [0.2, 0.25) is 0 Å². The Morgan fingerprint density at radius 2 is 1.79 bits per heavy atom. The SMILES string of the molecule is CCOc1ccc(NC(=O)[C@@H]2CC(=O)N(Cc3ccccc3)C2)cc1OCC. The van der Waals surface area contributed by atoms with Gasteiger partial charge >= 0.3 is 0 Å². The number of likely N-dealkylation sites (tertiary alicyclic amines) is 1. The Labute approximate surface area is 165 Å². The fourth-order valence-corrected chi connectivity index (χ4v) is 3.28. The number of rotatable bonds is 8. The van der Waals surface area contributed by atoms with Crippen LogP contribution in [0.1, 0.15) is 25.8 Å². The minimum absolute atomic E-state index is 0.00528. The van der Waals surface area contributed by atoms with Crippen molar-refractivity contribution in [1.29, 1.82) is 0 Å². The van der Waals surface area contributed by atoms with E-state index in [0.29, 0.717) is 43.5 Å². The van der Waals surface area contributed by atoms with Crippen molar-refractivity contribution in [3.8, 4) is 11.5 Å². The smallest absolute Gasteiger partial charge is 0.229 e. The van der Waals surface area contributed by atoms with E-state index in [1.54, 1.807) is 23.1 Å². The van der Waals surface area contributed by atoms with Crippen LogP contribution in [0, 0.1) is 5.92 Å². The number of nitrogens with zero attached hydrogens (tertiary/aromatic N) is 1. The molecule has 1 fully saturated rings. The molecular weight excluding hydrogens is 356 g/mol. The van der Waals surface area contributed by atoms with Crippen LogP contribution in [-0.4, -0.2) is 36.5 Å². The first kappa shape index (κ1) is 19.7. The minimum atomic E-state index is -0.363. The molecule has 0 unspecified atom stereocenters. The maximum atomic E-state index is 12.7. The van der Waals surface area contributed by atoms with E-state index in [1.165, 1.54) is 0 Å². The van der Waals surface area contributed by atoms with E-state index in [0.717, 1.165) is 5.56 Å². The number of carbonyl (C=O) groups is 2. The highest BCUT2D eigenvalue weighted by Gasteiger charge is 2.34. The molecule has 6 heteroatoms. The van der Waals surface area contributed by atoms with Crippen molar-refractivity contribution in [2.75, 3.05) is 25.1 Å². The summed E-state index contributed by atoms with van der Waals surface area (Å²) in [6.45, 7) is 5.79. The lowest BCUT2D eigenvalue weighted by atomic mass is 10.1. The van der Waals surface area contributed by atoms with Crippen LogP contribution >= 0.6 is 0 Å². The Kier molecular flexibility index (Phi) is 6.53. The van der Waals surface area contributed by atoms with E-state index in [9.17, 15) is 9.59 Å². The number of ether oxygens (including phenoxy) is 2. The first-order chi connectivity index (χ1) is 13.6. The predicted molar refractivity (Wildman–Crippen MR) is 107 cm³/mol. The molecule has 0 saturated carbocycles. The molecule has 2 aromatic carbocycles. The molecule has 1 aliphatic rings. The van der Waals surface area contributed by atoms with E-state index in [2.05, 4.69) is 5.32 Å². The number of amides is 2. The van der Waals surface area contributed by atoms with Crippen molar-refractivity contribution in [2.45, 2.75) is 26.8 Å². The average Bonchev–Trinajstić information content (AvgIpc) is 3.06. The van der Waals surface area contributed by atoms with Crippen LogP contribution in [0.5, 0.6) is 11.5 Å². The van der Waals surface area contributed by atoms with Crippen LogP contribution in [0.3, 0.4) is 0 Å². The largest absolute Gasteiger partial charge is 0.490 e. The molecule has 28 heavy (non-hydrogen) atoms. The fourth-order valence-electron chi connectivity index (χ4n) is 3.28. The molecular formula is C22H26N2O4. The van der Waals surface area contributed by atoms with Gasteiger partial charge in [0.2, 0.25) is 11.8 Å². The zero-order valence-corrected chi connectivity index (χ0v) is 16.3. The molecule has 0 aromatic heterocycles. The van der Waals surface area contributed by atoms with Gasteiger partial charge in [-0.3, -0.25) is 9.59 Å². The third-order valence-electron chi connectivity index (χ3n) is 4.61. The van der Waals surface area contributed by atoms with Gasteiger partial charge in [-0.15, -0.1) is 0 Å². The summed E-state index contributed by atoms with van der Waals surface area (Å²) < 4.78 is 11.1. The lowest BCUT2D eigenvalue weighted by Crippen LogP contribution is -2.28. The van der Waals surface area contributed by atoms with Crippen molar-refractivity contribution in [3.63, 3.8) is 0 Å². The first-order valence-corrected chi connectivity index (χ1v) is 9.63. The van der Waals surface area contributed by atoms with Gasteiger partial charge in [0.05, 0.1) is 19.1 Å². The van der Waals surface area contributed by atoms with Gasteiger partial charge in [-0.05, 0) is 31.5 Å². The molecule has 2 aromatic rings. The third kappa shape index (κ3) is 4.82. The standard InChI is InChI=1S/C22H26N2O4/c1-3-27-19-11-10-18(13-20(19)28-4-2)23-22(26)17-12-21(25)24(15-17)14-16-8-6-5-7-9-16/h5-11,13,17H,3-4,12,14-15H2,1-2H3,(H,23,26)/t17-/m1/s1. The van der Waals surface area contributed by atoms with Gasteiger partial charge in [-0.25, -0.2) is 0 Å². The molecule has 0 radical (unpaired) electrons. The summed E-state index contributed by atoms with van der Waals surface area (Å²) in [4.78, 5) is 26.7. The third-order valence-corrected chi connectivity index (χ3v) is 4.61. The molecule has 0 aliphatic carbocycles. The number of nitrogens with one attached hydrogen (secondary N) is 1. The zero-order valence-electron chi connectivity index (χ0n) is 16.3. The van der Waals surface area contributed by atoms with Crippen LogP contribution in [0.4, 0.5) is 5.69 Å². The second-order valence-electron chi connectivity index (χ2n) is 6.68. The summed E-state index contributed by atoms with van der Waals surface area (Å²) in [6, 6.07) is 15.1. The molecule has 3 rings (SSSR count). The molecule has 1 saturated heterocycles. The Balaban J connectivity index is 1.63. The van der Waals surface area contributed by atoms with Gasteiger partial charge in [0, 0.05) is 31.3 Å². The number of hydrogen-bond donors (Lipinski definition) is 1. The van der Waals surface area contributed by atoms with E-state index in [-0.39, 0.29) is 24.2 Å². The molecule has 1 N–H and O–H groups in total. The van der Waals surface area contributed by atoms with Crippen molar-refractivity contribution in [3.05, 3.63) is 54.1 Å². The van der Waals surface area contributed by atoms with E-state index >= 15 is 0 Å². The summed E-state index contributed by atoms with van der Waals surface area (Å²) in [5, 5.41) is 2.90. The number of anilines is 1. The maximum absolute atomic E-state index is 12.7. The summed E-state index contributed by atoms with van der Waals surface area (Å²) in [5.74, 6) is 0.724.